The number of rotatable bonds is 11. The topological polar surface area (TPSA) is 142 Å². The molecule has 0 amide bonds. The van der Waals surface area contributed by atoms with Crippen molar-refractivity contribution < 1.29 is 31.4 Å². The summed E-state index contributed by atoms with van der Waals surface area (Å²) in [6.45, 7) is 0.818. The molecule has 1 aromatic heterocycles. The van der Waals surface area contributed by atoms with E-state index in [9.17, 15) is 21.9 Å². The smallest absolute Gasteiger partial charge is 0.259 e. The summed E-state index contributed by atoms with van der Waals surface area (Å²) in [5, 5.41) is 10.9. The third kappa shape index (κ3) is 6.33. The van der Waals surface area contributed by atoms with E-state index in [1.165, 1.54) is 17.8 Å². The number of allylic oxidation sites excluding steroid dienone is 2. The molecular weight excluding hydrogens is 564 g/mol. The summed E-state index contributed by atoms with van der Waals surface area (Å²) in [7, 11) is -0.296. The first-order valence-electron chi connectivity index (χ1n) is 11.2. The first kappa shape index (κ1) is 28.0. The van der Waals surface area contributed by atoms with Gasteiger partial charge in [-0.05, 0) is 18.2 Å². The van der Waals surface area contributed by atoms with E-state index < -0.39 is 25.0 Å². The highest BCUT2D eigenvalue weighted by Gasteiger charge is 2.33. The number of aromatic nitrogens is 1. The van der Waals surface area contributed by atoms with E-state index in [2.05, 4.69) is 9.98 Å². The van der Waals surface area contributed by atoms with Crippen LogP contribution in [0.2, 0.25) is 0 Å². The van der Waals surface area contributed by atoms with E-state index in [0.29, 0.717) is 33.6 Å². The van der Waals surface area contributed by atoms with Crippen molar-refractivity contribution in [2.75, 3.05) is 57.1 Å². The maximum Gasteiger partial charge on any atom is 0.259 e. The molecule has 2 aliphatic heterocycles. The van der Waals surface area contributed by atoms with E-state index >= 15 is 0 Å². The number of hydrogen-bond acceptors (Lipinski definition) is 10. The van der Waals surface area contributed by atoms with Gasteiger partial charge in [-0.3, -0.25) is 4.99 Å². The van der Waals surface area contributed by atoms with Crippen LogP contribution >= 0.6 is 22.4 Å². The number of aliphatic imine (C=N–C) groups is 1. The lowest BCUT2D eigenvalue weighted by Gasteiger charge is -2.30. The van der Waals surface area contributed by atoms with Crippen molar-refractivity contribution in [3.63, 3.8) is 0 Å². The van der Waals surface area contributed by atoms with Crippen molar-refractivity contribution in [2.45, 2.75) is 6.04 Å². The summed E-state index contributed by atoms with van der Waals surface area (Å²) in [6, 6.07) is 5.28. The van der Waals surface area contributed by atoms with Crippen LogP contribution in [0.3, 0.4) is 0 Å². The molecule has 0 aliphatic carbocycles. The van der Waals surface area contributed by atoms with Gasteiger partial charge in [0.05, 0.1) is 36.2 Å². The molecule has 2 N–H and O–H groups in total. The number of thioether (sulfide) groups is 1. The van der Waals surface area contributed by atoms with Crippen molar-refractivity contribution in [1.29, 1.82) is 0 Å². The summed E-state index contributed by atoms with van der Waals surface area (Å²) >= 11 is 1.52. The number of benzene rings is 1. The zero-order valence-electron chi connectivity index (χ0n) is 20.1. The molecule has 15 heteroatoms. The number of sulfonamides is 1. The average Bonchev–Trinajstić information content (AvgIpc) is 3.49. The molecule has 0 radical (unpaired) electrons. The zero-order chi connectivity index (χ0) is 26.8. The van der Waals surface area contributed by atoms with Crippen LogP contribution in [0.25, 0.3) is 10.9 Å². The van der Waals surface area contributed by atoms with Crippen molar-refractivity contribution in [2.24, 2.45) is 4.99 Å². The number of aliphatic hydroxyl groups is 1. The molecule has 37 heavy (non-hydrogen) atoms. The van der Waals surface area contributed by atoms with E-state index in [0.717, 1.165) is 23.2 Å². The summed E-state index contributed by atoms with van der Waals surface area (Å²) in [4.78, 5) is 9.47. The Hall–Kier alpha value is -2.07. The summed E-state index contributed by atoms with van der Waals surface area (Å²) in [6.07, 6.45) is 4.79. The lowest BCUT2D eigenvalue weighted by Crippen LogP contribution is -2.39. The fourth-order valence-electron chi connectivity index (χ4n) is 3.89. The molecule has 3 heterocycles. The molecule has 0 unspecified atom stereocenters. The van der Waals surface area contributed by atoms with Gasteiger partial charge in [0.15, 0.2) is 5.03 Å². The number of nitrogens with zero attached hydrogens (tertiary/aromatic N) is 3. The SMILES string of the molecule is COCCOc1cc(N2CC=CC=C2S(=O)(=O)N(C)CS(=O)(=O)Cl)c2[nH]c(C3=N[C@H](CO)CS3)cc2c1. The first-order valence-corrected chi connectivity index (χ1v) is 16.1. The van der Waals surface area contributed by atoms with Crippen LogP contribution in [0.1, 0.15) is 5.69 Å². The van der Waals surface area contributed by atoms with Gasteiger partial charge in [0.2, 0.25) is 9.05 Å². The zero-order valence-corrected chi connectivity index (χ0v) is 23.3. The second-order valence-corrected chi connectivity index (χ2v) is 14.1. The van der Waals surface area contributed by atoms with Gasteiger partial charge in [0.25, 0.3) is 10.0 Å². The number of aliphatic hydroxyl groups excluding tert-OH is 1. The Labute approximate surface area is 224 Å². The minimum absolute atomic E-state index is 0.0445. The molecule has 0 spiro atoms. The van der Waals surface area contributed by atoms with Crippen LogP contribution in [0.5, 0.6) is 5.75 Å². The molecule has 0 bridgehead atoms. The summed E-state index contributed by atoms with van der Waals surface area (Å²) in [5.74, 6) is 0.288. The number of aromatic amines is 1. The van der Waals surface area contributed by atoms with E-state index in [-0.39, 0.29) is 30.8 Å². The normalized spacial score (nSPS) is 18.5. The third-order valence-corrected chi connectivity index (χ3v) is 9.76. The number of anilines is 1. The second kappa shape index (κ2) is 11.4. The number of ether oxygens (including phenoxy) is 2. The lowest BCUT2D eigenvalue weighted by atomic mass is 10.2. The molecule has 202 valence electrons. The van der Waals surface area contributed by atoms with Crippen LogP contribution in [0.4, 0.5) is 5.69 Å². The fraction of sp³-hybridized carbons (Fsp3) is 0.409. The molecule has 0 fully saturated rings. The van der Waals surface area contributed by atoms with E-state index in [1.807, 2.05) is 12.1 Å². The van der Waals surface area contributed by atoms with Crippen LogP contribution in [0.15, 0.2) is 46.4 Å². The average molecular weight is 591 g/mol. The van der Waals surface area contributed by atoms with Crippen LogP contribution in [-0.2, 0) is 23.8 Å². The highest BCUT2D eigenvalue weighted by atomic mass is 35.7. The Morgan fingerprint density at radius 3 is 2.73 bits per heavy atom. The van der Waals surface area contributed by atoms with E-state index in [4.69, 9.17) is 20.2 Å². The highest BCUT2D eigenvalue weighted by Crippen LogP contribution is 2.38. The van der Waals surface area contributed by atoms with E-state index in [1.54, 1.807) is 30.2 Å². The van der Waals surface area contributed by atoms with Gasteiger partial charge in [-0.1, -0.05) is 12.2 Å². The van der Waals surface area contributed by atoms with Crippen LogP contribution < -0.4 is 9.64 Å². The Balaban J connectivity index is 1.81. The number of halogens is 1. The predicted octanol–water partition coefficient (Wildman–Crippen LogP) is 2.05. The highest BCUT2D eigenvalue weighted by molar-refractivity contribution is 8.14. The Bertz CT molecular complexity index is 1470. The van der Waals surface area contributed by atoms with Gasteiger partial charge < -0.3 is 24.5 Å². The van der Waals surface area contributed by atoms with Crippen molar-refractivity contribution in [1.82, 2.24) is 9.29 Å². The molecule has 1 atom stereocenters. The van der Waals surface area contributed by atoms with Gasteiger partial charge in [0.1, 0.15) is 23.3 Å². The maximum atomic E-state index is 13.4. The summed E-state index contributed by atoms with van der Waals surface area (Å²) < 4.78 is 61.7. The molecule has 1 aromatic carbocycles. The molecule has 4 rings (SSSR count). The minimum Gasteiger partial charge on any atom is -0.491 e. The van der Waals surface area contributed by atoms with Gasteiger partial charge in [-0.25, -0.2) is 16.8 Å². The van der Waals surface area contributed by atoms with Gasteiger partial charge in [0, 0.05) is 48.6 Å². The van der Waals surface area contributed by atoms with Crippen molar-refractivity contribution in [3.05, 3.63) is 47.2 Å². The standard InChI is InChI=1S/C22H27ClN4O7S3/c1-26(14-36(23,29)30)37(31,32)20-5-3-4-6-27(20)19-11-17(34-8-7-33-2)9-15-10-18(25-21(15)19)22-24-16(12-28)13-35-22/h3-5,9-11,16,25,28H,6-8,12-14H2,1-2H3/t16-/m1/s1. The Morgan fingerprint density at radius 1 is 1.27 bits per heavy atom. The number of nitrogens with one attached hydrogen (secondary N) is 1. The minimum atomic E-state index is -4.24. The van der Waals surface area contributed by atoms with Crippen LogP contribution in [0, 0.1) is 0 Å². The van der Waals surface area contributed by atoms with Gasteiger partial charge in [-0.15, -0.1) is 11.8 Å². The predicted molar refractivity (Wildman–Crippen MR) is 146 cm³/mol. The molecule has 2 aromatic rings. The van der Waals surface area contributed by atoms with Gasteiger partial charge in [-0.2, -0.15) is 4.31 Å². The molecular formula is C22H27ClN4O7S3. The monoisotopic (exact) mass is 590 g/mol. The molecule has 11 nitrogen and oxygen atoms in total. The molecule has 0 saturated heterocycles. The lowest BCUT2D eigenvalue weighted by molar-refractivity contribution is 0.146. The second-order valence-electron chi connectivity index (χ2n) is 8.33. The van der Waals surface area contributed by atoms with Crippen LogP contribution in [-0.4, -0.2) is 94.5 Å². The quantitative estimate of drug-likeness (QED) is 0.297. The van der Waals surface area contributed by atoms with Gasteiger partial charge >= 0.3 is 0 Å². The van der Waals surface area contributed by atoms with Crippen molar-refractivity contribution in [3.8, 4) is 5.75 Å². The number of methoxy groups -OCH3 is 1. The molecule has 0 saturated carbocycles. The third-order valence-electron chi connectivity index (χ3n) is 5.62. The number of fused-ring (bicyclic) bond motifs is 1. The first-order chi connectivity index (χ1) is 17.5. The fourth-order valence-corrected chi connectivity index (χ4v) is 7.95. The Kier molecular flexibility index (Phi) is 8.58. The number of hydrogen-bond donors (Lipinski definition) is 2. The van der Waals surface area contributed by atoms with Crippen molar-refractivity contribution >= 4 is 63.2 Å². The maximum absolute atomic E-state index is 13.4. The largest absolute Gasteiger partial charge is 0.491 e. The number of H-pyrrole nitrogens is 1. The summed E-state index contributed by atoms with van der Waals surface area (Å²) in [5.41, 5.74) is 1.89. The Morgan fingerprint density at radius 2 is 2.05 bits per heavy atom. The molecule has 2 aliphatic rings.